The van der Waals surface area contributed by atoms with E-state index in [-0.39, 0.29) is 53.2 Å². The van der Waals surface area contributed by atoms with E-state index in [4.69, 9.17) is 9.15 Å². The number of benzene rings is 1. The molecular weight excluding hydrogens is 411 g/mol. The molecule has 0 atom stereocenters. The molecule has 0 saturated heterocycles. The van der Waals surface area contributed by atoms with E-state index < -0.39 is 5.97 Å². The number of ether oxygens (including phenoxy) is 1. The molecule has 0 saturated carbocycles. The van der Waals surface area contributed by atoms with Crippen LogP contribution in [0.1, 0.15) is 21.5 Å². The number of pyridine rings is 1. The monoisotopic (exact) mass is 424 g/mol. The maximum atomic E-state index is 11.1. The van der Waals surface area contributed by atoms with Crippen LogP contribution in [0.5, 0.6) is 5.88 Å². The van der Waals surface area contributed by atoms with Gasteiger partial charge in [-0.25, -0.2) is 4.98 Å². The summed E-state index contributed by atoms with van der Waals surface area (Å²) in [5.41, 5.74) is 3.04. The van der Waals surface area contributed by atoms with Crippen LogP contribution in [-0.4, -0.2) is 11.0 Å². The van der Waals surface area contributed by atoms with Gasteiger partial charge in [-0.3, -0.25) is 0 Å². The van der Waals surface area contributed by atoms with Crippen molar-refractivity contribution < 1.29 is 48.6 Å². The van der Waals surface area contributed by atoms with Gasteiger partial charge in [0, 0.05) is 11.1 Å². The van der Waals surface area contributed by atoms with E-state index in [9.17, 15) is 15.2 Å². The number of furan rings is 1. The Bertz CT molecular complexity index is 1200. The van der Waals surface area contributed by atoms with Crippen molar-refractivity contribution in [3.63, 3.8) is 0 Å². The molecule has 6 nitrogen and oxygen atoms in total. The molecule has 0 aliphatic carbocycles. The molecule has 30 heavy (non-hydrogen) atoms. The van der Waals surface area contributed by atoms with Crippen LogP contribution in [0.4, 0.5) is 0 Å². The molecule has 0 aliphatic rings. The summed E-state index contributed by atoms with van der Waals surface area (Å²) < 4.78 is 11.0. The second-order valence-corrected chi connectivity index (χ2v) is 7.06. The summed E-state index contributed by atoms with van der Waals surface area (Å²) in [6, 6.07) is 15.9. The van der Waals surface area contributed by atoms with Gasteiger partial charge in [0.25, 0.3) is 0 Å². The average Bonchev–Trinajstić information content (AvgIpc) is 3.46. The van der Waals surface area contributed by atoms with E-state index >= 15 is 0 Å². The van der Waals surface area contributed by atoms with Crippen molar-refractivity contribution in [3.05, 3.63) is 83.1 Å². The minimum Gasteiger partial charge on any atom is -0.545 e. The average molecular weight is 424 g/mol. The Morgan fingerprint density at radius 1 is 1.23 bits per heavy atom. The van der Waals surface area contributed by atoms with Gasteiger partial charge >= 0.3 is 29.6 Å². The predicted molar refractivity (Wildman–Crippen MR) is 105 cm³/mol. The molecule has 0 bridgehead atoms. The van der Waals surface area contributed by atoms with Gasteiger partial charge in [0.1, 0.15) is 18.2 Å². The summed E-state index contributed by atoms with van der Waals surface area (Å²) in [4.78, 5) is 16.5. The van der Waals surface area contributed by atoms with Crippen molar-refractivity contribution >= 4 is 17.3 Å². The van der Waals surface area contributed by atoms with Crippen molar-refractivity contribution in [2.75, 3.05) is 0 Å². The summed E-state index contributed by atoms with van der Waals surface area (Å²) in [5, 5.41) is 22.8. The second-order valence-electron chi connectivity index (χ2n) is 6.11. The van der Waals surface area contributed by atoms with E-state index in [1.54, 1.807) is 24.5 Å². The fraction of sp³-hybridized carbons (Fsp3) is 0.0455. The molecule has 3 aromatic heterocycles. The van der Waals surface area contributed by atoms with E-state index in [0.29, 0.717) is 16.8 Å². The molecule has 8 heteroatoms. The number of nitrogens with zero attached hydrogens (tertiary/aromatic N) is 2. The van der Waals surface area contributed by atoms with Crippen LogP contribution in [0.25, 0.3) is 21.7 Å². The van der Waals surface area contributed by atoms with Crippen molar-refractivity contribution in [1.82, 2.24) is 4.98 Å². The minimum atomic E-state index is -1.26. The first-order chi connectivity index (χ1) is 14.2. The van der Waals surface area contributed by atoms with Gasteiger partial charge in [-0.2, -0.15) is 5.26 Å². The molecule has 4 aromatic rings. The largest absolute Gasteiger partial charge is 1.00 e. The van der Waals surface area contributed by atoms with Crippen LogP contribution in [0.15, 0.2) is 70.9 Å². The first-order valence-electron chi connectivity index (χ1n) is 8.60. The fourth-order valence-electron chi connectivity index (χ4n) is 2.87. The normalized spacial score (nSPS) is 10.1. The van der Waals surface area contributed by atoms with Crippen LogP contribution in [0, 0.1) is 11.3 Å². The zero-order valence-corrected chi connectivity index (χ0v) is 18.8. The van der Waals surface area contributed by atoms with Crippen molar-refractivity contribution in [1.29, 1.82) is 5.26 Å². The number of rotatable bonds is 6. The van der Waals surface area contributed by atoms with Gasteiger partial charge in [0.05, 0.1) is 29.1 Å². The van der Waals surface area contributed by atoms with Crippen LogP contribution in [-0.2, 0) is 6.61 Å². The van der Waals surface area contributed by atoms with Crippen LogP contribution in [0.2, 0.25) is 0 Å². The third kappa shape index (κ3) is 4.64. The van der Waals surface area contributed by atoms with E-state index in [0.717, 1.165) is 10.4 Å². The van der Waals surface area contributed by atoms with E-state index in [1.807, 2.05) is 23.6 Å². The Hall–Kier alpha value is -2.89. The number of thiophene rings is 1. The number of hydrogen-bond acceptors (Lipinski definition) is 7. The molecular formula is C22H13N2NaO4S. The number of aromatic nitrogens is 1. The standard InChI is InChI=1S/C22H14N2O4S.Na/c23-11-18-17(16-6-7-27-13-16)10-19(20-5-2-8-29-20)24-21(18)28-12-14-3-1-4-15(9-14)22(25)26;/h1-10,13H,12H2,(H,25,26);/q;+1/p-1. The predicted octanol–water partition coefficient (Wildman–Crippen LogP) is 0.888. The molecule has 0 spiro atoms. The van der Waals surface area contributed by atoms with Gasteiger partial charge in [-0.1, -0.05) is 24.3 Å². The number of hydrogen-bond donors (Lipinski definition) is 0. The first-order valence-corrected chi connectivity index (χ1v) is 9.48. The number of carboxylic acid groups (broad SMARTS) is 1. The summed E-state index contributed by atoms with van der Waals surface area (Å²) in [6.07, 6.45) is 3.09. The van der Waals surface area contributed by atoms with Gasteiger partial charge in [0.2, 0.25) is 5.88 Å². The molecule has 0 fully saturated rings. The van der Waals surface area contributed by atoms with Crippen molar-refractivity contribution in [2.45, 2.75) is 6.61 Å². The Labute approximate surface area is 198 Å². The van der Waals surface area contributed by atoms with Gasteiger partial charge < -0.3 is 19.1 Å². The topological polar surface area (TPSA) is 99.2 Å². The summed E-state index contributed by atoms with van der Waals surface area (Å²) in [7, 11) is 0. The van der Waals surface area contributed by atoms with Crippen LogP contribution in [0.3, 0.4) is 0 Å². The molecule has 0 N–H and O–H groups in total. The number of aromatic carboxylic acids is 1. The Morgan fingerprint density at radius 3 is 2.77 bits per heavy atom. The number of nitriles is 1. The summed E-state index contributed by atoms with van der Waals surface area (Å²) in [5.74, 6) is -1.09. The maximum Gasteiger partial charge on any atom is 1.00 e. The smallest absolute Gasteiger partial charge is 0.545 e. The Morgan fingerprint density at radius 2 is 2.10 bits per heavy atom. The molecule has 0 unspecified atom stereocenters. The molecule has 0 aliphatic heterocycles. The fourth-order valence-corrected chi connectivity index (χ4v) is 3.56. The zero-order valence-electron chi connectivity index (χ0n) is 16.0. The number of carboxylic acids is 1. The van der Waals surface area contributed by atoms with Crippen molar-refractivity contribution in [3.8, 4) is 33.6 Å². The SMILES string of the molecule is N#Cc1c(-c2ccoc2)cc(-c2cccs2)nc1OCc1cccc(C(=O)[O-])c1.[Na+]. The number of carbonyl (C=O) groups excluding carboxylic acids is 1. The van der Waals surface area contributed by atoms with Gasteiger partial charge in [-0.05, 0) is 40.8 Å². The zero-order chi connectivity index (χ0) is 20.2. The molecule has 0 amide bonds. The molecule has 0 radical (unpaired) electrons. The molecule has 4 rings (SSSR count). The summed E-state index contributed by atoms with van der Waals surface area (Å²) >= 11 is 1.53. The second kappa shape index (κ2) is 9.74. The van der Waals surface area contributed by atoms with Crippen molar-refractivity contribution in [2.24, 2.45) is 0 Å². The third-order valence-corrected chi connectivity index (χ3v) is 5.13. The quantitative estimate of drug-likeness (QED) is 0.426. The Balaban J connectivity index is 0.00000256. The first kappa shape index (κ1) is 21.8. The Kier molecular flexibility index (Phi) is 7.08. The van der Waals surface area contributed by atoms with E-state index in [1.165, 1.54) is 29.7 Å². The van der Waals surface area contributed by atoms with Gasteiger partial charge in [-0.15, -0.1) is 11.3 Å². The molecule has 1 aromatic carbocycles. The molecule has 3 heterocycles. The maximum absolute atomic E-state index is 11.1. The van der Waals surface area contributed by atoms with Gasteiger partial charge in [0.15, 0.2) is 0 Å². The van der Waals surface area contributed by atoms with E-state index in [2.05, 4.69) is 11.1 Å². The van der Waals surface area contributed by atoms with Crippen LogP contribution < -0.4 is 39.4 Å². The third-order valence-electron chi connectivity index (χ3n) is 4.24. The molecule has 142 valence electrons. The minimum absolute atomic E-state index is 0. The number of carbonyl (C=O) groups is 1. The summed E-state index contributed by atoms with van der Waals surface area (Å²) in [6.45, 7) is 0.0571. The van der Waals surface area contributed by atoms with Crippen LogP contribution >= 0.6 is 11.3 Å².